The van der Waals surface area contributed by atoms with Crippen molar-refractivity contribution in [3.8, 4) is 11.5 Å². The number of aromatic nitrogens is 3. The molecule has 2 aromatic carbocycles. The fourth-order valence-corrected chi connectivity index (χ4v) is 2.44. The van der Waals surface area contributed by atoms with Crippen molar-refractivity contribution in [2.45, 2.75) is 6.92 Å². The van der Waals surface area contributed by atoms with E-state index in [0.717, 1.165) is 5.56 Å². The van der Waals surface area contributed by atoms with Gasteiger partial charge in [-0.1, -0.05) is 17.7 Å². The van der Waals surface area contributed by atoms with Crippen LogP contribution >= 0.6 is 0 Å². The number of amides is 1. The SMILES string of the molecule is Cc1ccc(-c2nc3cc(NC(=O)c4cnccn4)ccc3o2)cc1. The second-order valence-electron chi connectivity index (χ2n) is 5.61. The van der Waals surface area contributed by atoms with E-state index < -0.39 is 0 Å². The quantitative estimate of drug-likeness (QED) is 0.617. The molecule has 0 aliphatic carbocycles. The Labute approximate surface area is 143 Å². The lowest BCUT2D eigenvalue weighted by molar-refractivity contribution is 0.102. The first-order valence-electron chi connectivity index (χ1n) is 7.74. The molecule has 4 aromatic rings. The molecular weight excluding hydrogens is 316 g/mol. The van der Waals surface area contributed by atoms with Gasteiger partial charge in [0.25, 0.3) is 5.91 Å². The Kier molecular flexibility index (Phi) is 3.70. The van der Waals surface area contributed by atoms with Crippen molar-refractivity contribution in [1.29, 1.82) is 0 Å². The van der Waals surface area contributed by atoms with Gasteiger partial charge < -0.3 is 9.73 Å². The zero-order valence-electron chi connectivity index (χ0n) is 13.4. The van der Waals surface area contributed by atoms with E-state index in [1.165, 1.54) is 24.2 Å². The normalized spacial score (nSPS) is 10.8. The van der Waals surface area contributed by atoms with Gasteiger partial charge in [-0.25, -0.2) is 9.97 Å². The van der Waals surface area contributed by atoms with Crippen molar-refractivity contribution in [3.05, 3.63) is 72.3 Å². The van der Waals surface area contributed by atoms with Crippen LogP contribution in [0.25, 0.3) is 22.6 Å². The Bertz CT molecular complexity index is 1040. The minimum Gasteiger partial charge on any atom is -0.436 e. The van der Waals surface area contributed by atoms with Crippen molar-refractivity contribution in [2.75, 3.05) is 5.32 Å². The zero-order valence-corrected chi connectivity index (χ0v) is 13.4. The summed E-state index contributed by atoms with van der Waals surface area (Å²) >= 11 is 0. The Balaban J connectivity index is 1.62. The number of rotatable bonds is 3. The standard InChI is InChI=1S/C19H14N4O2/c1-12-2-4-13(5-3-12)19-23-15-10-14(6-7-17(15)25-19)22-18(24)16-11-20-8-9-21-16/h2-11H,1H3,(H,22,24). The molecule has 0 aliphatic heterocycles. The largest absolute Gasteiger partial charge is 0.436 e. The predicted molar refractivity (Wildman–Crippen MR) is 94.2 cm³/mol. The van der Waals surface area contributed by atoms with Gasteiger partial charge in [0, 0.05) is 23.6 Å². The van der Waals surface area contributed by atoms with Crippen LogP contribution in [0.1, 0.15) is 16.1 Å². The minimum absolute atomic E-state index is 0.253. The maximum absolute atomic E-state index is 12.2. The Morgan fingerprint density at radius 2 is 1.92 bits per heavy atom. The van der Waals surface area contributed by atoms with Crippen molar-refractivity contribution in [1.82, 2.24) is 15.0 Å². The highest BCUT2D eigenvalue weighted by Gasteiger charge is 2.11. The molecule has 2 heterocycles. The number of hydrogen-bond acceptors (Lipinski definition) is 5. The molecule has 122 valence electrons. The van der Waals surface area contributed by atoms with Gasteiger partial charge in [0.05, 0.1) is 6.20 Å². The highest BCUT2D eigenvalue weighted by molar-refractivity contribution is 6.03. The van der Waals surface area contributed by atoms with E-state index in [4.69, 9.17) is 4.42 Å². The van der Waals surface area contributed by atoms with Crippen LogP contribution in [0.2, 0.25) is 0 Å². The molecule has 0 unspecified atom stereocenters. The van der Waals surface area contributed by atoms with Crippen LogP contribution in [-0.2, 0) is 0 Å². The van der Waals surface area contributed by atoms with Gasteiger partial charge >= 0.3 is 0 Å². The molecule has 25 heavy (non-hydrogen) atoms. The lowest BCUT2D eigenvalue weighted by Gasteiger charge is -2.03. The molecule has 6 heteroatoms. The number of fused-ring (bicyclic) bond motifs is 1. The van der Waals surface area contributed by atoms with E-state index in [1.54, 1.807) is 18.2 Å². The van der Waals surface area contributed by atoms with Crippen LogP contribution in [0.5, 0.6) is 0 Å². The van der Waals surface area contributed by atoms with Gasteiger partial charge in [0.15, 0.2) is 5.58 Å². The molecule has 0 fully saturated rings. The summed E-state index contributed by atoms with van der Waals surface area (Å²) in [5, 5.41) is 2.78. The lowest BCUT2D eigenvalue weighted by atomic mass is 10.1. The van der Waals surface area contributed by atoms with Gasteiger partial charge in [-0.2, -0.15) is 0 Å². The lowest BCUT2D eigenvalue weighted by Crippen LogP contribution is -2.13. The molecule has 0 saturated carbocycles. The summed E-state index contributed by atoms with van der Waals surface area (Å²) in [5.74, 6) is 0.224. The van der Waals surface area contributed by atoms with Crippen LogP contribution in [0.4, 0.5) is 5.69 Å². The number of carbonyl (C=O) groups excluding carboxylic acids is 1. The number of benzene rings is 2. The maximum Gasteiger partial charge on any atom is 0.275 e. The van der Waals surface area contributed by atoms with Crippen LogP contribution in [0.15, 0.2) is 65.5 Å². The number of hydrogen-bond donors (Lipinski definition) is 1. The van der Waals surface area contributed by atoms with Crippen molar-refractivity contribution in [3.63, 3.8) is 0 Å². The van der Waals surface area contributed by atoms with E-state index in [2.05, 4.69) is 20.3 Å². The number of nitrogens with zero attached hydrogens (tertiary/aromatic N) is 3. The molecule has 0 spiro atoms. The number of oxazole rings is 1. The number of aryl methyl sites for hydroxylation is 1. The summed E-state index contributed by atoms with van der Waals surface area (Å²) in [6.45, 7) is 2.03. The fraction of sp³-hybridized carbons (Fsp3) is 0.0526. The number of carbonyl (C=O) groups is 1. The summed E-state index contributed by atoms with van der Waals surface area (Å²) in [4.78, 5) is 24.5. The van der Waals surface area contributed by atoms with Crippen molar-refractivity contribution >= 4 is 22.7 Å². The molecule has 0 aliphatic rings. The monoisotopic (exact) mass is 330 g/mol. The smallest absolute Gasteiger partial charge is 0.275 e. The summed E-state index contributed by atoms with van der Waals surface area (Å²) < 4.78 is 5.79. The van der Waals surface area contributed by atoms with Crippen molar-refractivity contribution in [2.24, 2.45) is 0 Å². The second-order valence-corrected chi connectivity index (χ2v) is 5.61. The minimum atomic E-state index is -0.324. The summed E-state index contributed by atoms with van der Waals surface area (Å²) in [6.07, 6.45) is 4.41. The molecule has 0 atom stereocenters. The molecule has 1 N–H and O–H groups in total. The molecule has 2 aromatic heterocycles. The molecule has 4 rings (SSSR count). The second kappa shape index (κ2) is 6.16. The molecule has 1 amide bonds. The highest BCUT2D eigenvalue weighted by Crippen LogP contribution is 2.26. The number of anilines is 1. The van der Waals surface area contributed by atoms with E-state index in [0.29, 0.717) is 22.7 Å². The van der Waals surface area contributed by atoms with E-state index in [1.807, 2.05) is 31.2 Å². The average molecular weight is 330 g/mol. The topological polar surface area (TPSA) is 80.9 Å². The van der Waals surface area contributed by atoms with Gasteiger partial charge in [-0.15, -0.1) is 0 Å². The molecule has 0 radical (unpaired) electrons. The van der Waals surface area contributed by atoms with E-state index in [-0.39, 0.29) is 11.6 Å². The third-order valence-corrected chi connectivity index (χ3v) is 3.74. The Morgan fingerprint density at radius 1 is 1.08 bits per heavy atom. The van der Waals surface area contributed by atoms with E-state index >= 15 is 0 Å². The Hall–Kier alpha value is -3.54. The average Bonchev–Trinajstić information content (AvgIpc) is 3.06. The fourth-order valence-electron chi connectivity index (χ4n) is 2.44. The number of nitrogens with one attached hydrogen (secondary N) is 1. The first-order valence-corrected chi connectivity index (χ1v) is 7.74. The summed E-state index contributed by atoms with van der Waals surface area (Å²) in [7, 11) is 0. The van der Waals surface area contributed by atoms with Crippen LogP contribution in [-0.4, -0.2) is 20.9 Å². The first kappa shape index (κ1) is 15.0. The molecule has 0 bridgehead atoms. The van der Waals surface area contributed by atoms with Gasteiger partial charge in [-0.05, 0) is 37.3 Å². The summed E-state index contributed by atoms with van der Waals surface area (Å²) in [6, 6.07) is 13.3. The maximum atomic E-state index is 12.2. The van der Waals surface area contributed by atoms with Crippen LogP contribution < -0.4 is 5.32 Å². The van der Waals surface area contributed by atoms with Gasteiger partial charge in [0.1, 0.15) is 11.2 Å². The van der Waals surface area contributed by atoms with E-state index in [9.17, 15) is 4.79 Å². The molecule has 6 nitrogen and oxygen atoms in total. The van der Waals surface area contributed by atoms with Crippen molar-refractivity contribution < 1.29 is 9.21 Å². The van der Waals surface area contributed by atoms with Crippen LogP contribution in [0, 0.1) is 6.92 Å². The first-order chi connectivity index (χ1) is 12.2. The third-order valence-electron chi connectivity index (χ3n) is 3.74. The van der Waals surface area contributed by atoms with Gasteiger partial charge in [0.2, 0.25) is 5.89 Å². The molecular formula is C19H14N4O2. The predicted octanol–water partition coefficient (Wildman–Crippen LogP) is 3.85. The summed E-state index contributed by atoms with van der Waals surface area (Å²) in [5.41, 5.74) is 4.29. The Morgan fingerprint density at radius 3 is 2.68 bits per heavy atom. The van der Waals surface area contributed by atoms with Gasteiger partial charge in [-0.3, -0.25) is 9.78 Å². The molecule has 0 saturated heterocycles. The third kappa shape index (κ3) is 3.10. The van der Waals surface area contributed by atoms with Crippen LogP contribution in [0.3, 0.4) is 0 Å². The zero-order chi connectivity index (χ0) is 17.2. The highest BCUT2D eigenvalue weighted by atomic mass is 16.3.